The predicted molar refractivity (Wildman–Crippen MR) is 46.5 cm³/mol. The van der Waals surface area contributed by atoms with Crippen LogP contribution < -0.4 is 5.32 Å². The van der Waals surface area contributed by atoms with Crippen molar-refractivity contribution < 1.29 is 8.78 Å². The van der Waals surface area contributed by atoms with Gasteiger partial charge in [0.1, 0.15) is 0 Å². The molecule has 0 rings (SSSR count). The molecule has 0 radical (unpaired) electrons. The van der Waals surface area contributed by atoms with Crippen molar-refractivity contribution >= 4 is 15.9 Å². The maximum atomic E-state index is 11.5. The van der Waals surface area contributed by atoms with Crippen LogP contribution in [0.4, 0.5) is 8.78 Å². The van der Waals surface area contributed by atoms with Crippen LogP contribution >= 0.6 is 15.9 Å². The molecular formula is C7H14BrF2N. The molecule has 0 saturated carbocycles. The van der Waals surface area contributed by atoms with E-state index in [0.29, 0.717) is 6.54 Å². The van der Waals surface area contributed by atoms with E-state index < -0.39 is 6.43 Å². The Labute approximate surface area is 74.7 Å². The van der Waals surface area contributed by atoms with Gasteiger partial charge in [0.15, 0.2) is 0 Å². The maximum Gasteiger partial charge on any atom is 0.250 e. The van der Waals surface area contributed by atoms with Gasteiger partial charge in [-0.25, -0.2) is 8.78 Å². The zero-order valence-electron chi connectivity index (χ0n) is 6.45. The minimum absolute atomic E-state index is 0.172. The third-order valence-corrected chi connectivity index (χ3v) is 1.85. The number of hydrogen-bond donors (Lipinski definition) is 1. The molecule has 11 heavy (non-hydrogen) atoms. The fraction of sp³-hybridized carbons (Fsp3) is 1.00. The average molecular weight is 230 g/mol. The molecule has 4 heteroatoms. The largest absolute Gasteiger partial charge is 0.311 e. The van der Waals surface area contributed by atoms with Crippen molar-refractivity contribution in [1.29, 1.82) is 0 Å². The van der Waals surface area contributed by atoms with Gasteiger partial charge in [-0.05, 0) is 19.4 Å². The highest BCUT2D eigenvalue weighted by Crippen LogP contribution is 1.97. The number of halogens is 3. The van der Waals surface area contributed by atoms with Crippen molar-refractivity contribution in [2.75, 3.05) is 18.4 Å². The smallest absolute Gasteiger partial charge is 0.250 e. The summed E-state index contributed by atoms with van der Waals surface area (Å²) in [5, 5.41) is 3.68. The summed E-state index contributed by atoms with van der Waals surface area (Å²) in [5.74, 6) is 0. The molecule has 0 unspecified atom stereocenters. The van der Waals surface area contributed by atoms with Gasteiger partial charge < -0.3 is 5.32 Å². The lowest BCUT2D eigenvalue weighted by atomic mass is 10.2. The van der Waals surface area contributed by atoms with Crippen molar-refractivity contribution in [2.45, 2.75) is 25.7 Å². The Balaban J connectivity index is 2.80. The van der Waals surface area contributed by atoms with Crippen LogP contribution in [-0.4, -0.2) is 24.8 Å². The lowest BCUT2D eigenvalue weighted by Crippen LogP contribution is -2.22. The third kappa shape index (κ3) is 10.3. The third-order valence-electron chi connectivity index (χ3n) is 1.29. The van der Waals surface area contributed by atoms with Gasteiger partial charge in [-0.1, -0.05) is 22.4 Å². The van der Waals surface area contributed by atoms with E-state index in [4.69, 9.17) is 0 Å². The van der Waals surface area contributed by atoms with E-state index in [9.17, 15) is 8.78 Å². The molecule has 0 heterocycles. The van der Waals surface area contributed by atoms with Gasteiger partial charge in [0.05, 0.1) is 6.54 Å². The van der Waals surface area contributed by atoms with Crippen molar-refractivity contribution in [3.8, 4) is 0 Å². The number of unbranched alkanes of at least 4 members (excludes halogenated alkanes) is 2. The number of alkyl halides is 3. The van der Waals surface area contributed by atoms with Crippen LogP contribution in [0.15, 0.2) is 0 Å². The van der Waals surface area contributed by atoms with E-state index in [2.05, 4.69) is 21.2 Å². The quantitative estimate of drug-likeness (QED) is 0.523. The lowest BCUT2D eigenvalue weighted by Gasteiger charge is -2.02. The van der Waals surface area contributed by atoms with Crippen molar-refractivity contribution in [3.05, 3.63) is 0 Å². The summed E-state index contributed by atoms with van der Waals surface area (Å²) < 4.78 is 23.1. The average Bonchev–Trinajstić information content (AvgIpc) is 1.96. The Kier molecular flexibility index (Phi) is 8.63. The predicted octanol–water partition coefficient (Wildman–Crippen LogP) is 2.41. The Morgan fingerprint density at radius 1 is 1.18 bits per heavy atom. The highest BCUT2D eigenvalue weighted by Gasteiger charge is 1.98. The van der Waals surface area contributed by atoms with E-state index in [0.717, 1.165) is 24.6 Å². The van der Waals surface area contributed by atoms with Crippen LogP contribution in [0, 0.1) is 0 Å². The minimum Gasteiger partial charge on any atom is -0.311 e. The van der Waals surface area contributed by atoms with E-state index in [1.807, 2.05) is 0 Å². The molecule has 0 amide bonds. The van der Waals surface area contributed by atoms with Crippen LogP contribution in [0.25, 0.3) is 0 Å². The van der Waals surface area contributed by atoms with Crippen molar-refractivity contribution in [2.24, 2.45) is 0 Å². The molecule has 1 N–H and O–H groups in total. The maximum absolute atomic E-state index is 11.5. The number of rotatable bonds is 7. The second kappa shape index (κ2) is 8.40. The second-order valence-corrected chi connectivity index (χ2v) is 3.14. The van der Waals surface area contributed by atoms with E-state index in [-0.39, 0.29) is 6.54 Å². The zero-order chi connectivity index (χ0) is 8.53. The first-order chi connectivity index (χ1) is 5.27. The fourth-order valence-corrected chi connectivity index (χ4v) is 1.13. The van der Waals surface area contributed by atoms with E-state index >= 15 is 0 Å². The topological polar surface area (TPSA) is 12.0 Å². The molecule has 1 nitrogen and oxygen atoms in total. The number of nitrogens with one attached hydrogen (secondary N) is 1. The first-order valence-corrected chi connectivity index (χ1v) is 4.94. The van der Waals surface area contributed by atoms with E-state index in [1.165, 1.54) is 0 Å². The summed E-state index contributed by atoms with van der Waals surface area (Å²) in [7, 11) is 0. The highest BCUT2D eigenvalue weighted by atomic mass is 79.9. The zero-order valence-corrected chi connectivity index (χ0v) is 8.04. The molecular weight excluding hydrogens is 216 g/mol. The standard InChI is InChI=1S/C7H14BrF2N/c8-4-2-1-3-5-11-6-7(9)10/h7,11H,1-6H2. The normalized spacial score (nSPS) is 10.9. The summed E-state index contributed by atoms with van der Waals surface area (Å²) in [6, 6.07) is 0. The molecule has 0 spiro atoms. The van der Waals surface area contributed by atoms with Crippen LogP contribution in [0.3, 0.4) is 0 Å². The molecule has 0 saturated heterocycles. The van der Waals surface area contributed by atoms with Gasteiger partial charge in [0.2, 0.25) is 0 Å². The molecule has 0 aromatic rings. The molecule has 68 valence electrons. The van der Waals surface area contributed by atoms with E-state index in [1.54, 1.807) is 0 Å². The SMILES string of the molecule is FC(F)CNCCCCCBr. The Morgan fingerprint density at radius 3 is 2.45 bits per heavy atom. The molecule has 0 bridgehead atoms. The van der Waals surface area contributed by atoms with Gasteiger partial charge in [-0.3, -0.25) is 0 Å². The summed E-state index contributed by atoms with van der Waals surface area (Å²) in [6.45, 7) is 0.533. The molecule has 0 aromatic carbocycles. The first kappa shape index (κ1) is 11.3. The summed E-state index contributed by atoms with van der Waals surface area (Å²) in [6.07, 6.45) is 0.988. The van der Waals surface area contributed by atoms with Gasteiger partial charge in [-0.15, -0.1) is 0 Å². The Bertz CT molecular complexity index is 80.8. The van der Waals surface area contributed by atoms with Gasteiger partial charge in [0.25, 0.3) is 6.43 Å². The molecule has 0 aromatic heterocycles. The second-order valence-electron chi connectivity index (χ2n) is 2.34. The van der Waals surface area contributed by atoms with Crippen LogP contribution in [0.2, 0.25) is 0 Å². The van der Waals surface area contributed by atoms with Crippen LogP contribution in [-0.2, 0) is 0 Å². The van der Waals surface area contributed by atoms with Crippen molar-refractivity contribution in [1.82, 2.24) is 5.32 Å². The van der Waals surface area contributed by atoms with Crippen molar-refractivity contribution in [3.63, 3.8) is 0 Å². The fourth-order valence-electron chi connectivity index (χ4n) is 0.732. The molecule has 0 atom stereocenters. The summed E-state index contributed by atoms with van der Waals surface area (Å²) in [5.41, 5.74) is 0. The molecule has 0 aliphatic carbocycles. The molecule has 0 aliphatic heterocycles. The van der Waals surface area contributed by atoms with Crippen LogP contribution in [0.5, 0.6) is 0 Å². The monoisotopic (exact) mass is 229 g/mol. The molecule has 0 fully saturated rings. The highest BCUT2D eigenvalue weighted by molar-refractivity contribution is 9.09. The Hall–Kier alpha value is 0.300. The van der Waals surface area contributed by atoms with Gasteiger partial charge >= 0.3 is 0 Å². The van der Waals surface area contributed by atoms with Gasteiger partial charge in [-0.2, -0.15) is 0 Å². The molecule has 0 aliphatic rings. The lowest BCUT2D eigenvalue weighted by molar-refractivity contribution is 0.146. The summed E-state index contributed by atoms with van der Waals surface area (Å²) >= 11 is 3.30. The van der Waals surface area contributed by atoms with Crippen LogP contribution in [0.1, 0.15) is 19.3 Å². The number of hydrogen-bond acceptors (Lipinski definition) is 1. The Morgan fingerprint density at radius 2 is 1.91 bits per heavy atom. The first-order valence-electron chi connectivity index (χ1n) is 3.82. The minimum atomic E-state index is -2.22. The van der Waals surface area contributed by atoms with Gasteiger partial charge in [0, 0.05) is 5.33 Å². The summed E-state index contributed by atoms with van der Waals surface area (Å²) in [4.78, 5) is 0.